The number of hydrogen-bond acceptors (Lipinski definition) is 2. The highest BCUT2D eigenvalue weighted by Gasteiger charge is 2.12. The Labute approximate surface area is 88.3 Å². The highest BCUT2D eigenvalue weighted by molar-refractivity contribution is 9.10. The minimum absolute atomic E-state index is 0.0967. The number of rotatable bonds is 3. The van der Waals surface area contributed by atoms with Gasteiger partial charge in [0.1, 0.15) is 0 Å². The Balaban J connectivity index is 2.95. The number of carboxylic acids is 1. The quantitative estimate of drug-likeness (QED) is 0.879. The molecule has 2 N–H and O–H groups in total. The van der Waals surface area contributed by atoms with Crippen LogP contribution in [0.15, 0.2) is 16.6 Å². The van der Waals surface area contributed by atoms with Crippen molar-refractivity contribution in [1.82, 2.24) is 0 Å². The Bertz CT molecular complexity index is 365. The lowest BCUT2D eigenvalue weighted by Gasteiger charge is -2.06. The minimum Gasteiger partial charge on any atom is -0.505 e. The van der Waals surface area contributed by atoms with Crippen LogP contribution in [0.5, 0.6) is 5.75 Å². The van der Waals surface area contributed by atoms with Gasteiger partial charge in [-0.05, 0) is 18.6 Å². The molecule has 0 heterocycles. The van der Waals surface area contributed by atoms with Crippen molar-refractivity contribution in [3.05, 3.63) is 28.0 Å². The van der Waals surface area contributed by atoms with Crippen LogP contribution >= 0.6 is 15.9 Å². The van der Waals surface area contributed by atoms with Gasteiger partial charge in [-0.2, -0.15) is 0 Å². The maximum atomic E-state index is 12.9. The van der Waals surface area contributed by atoms with Crippen LogP contribution in [-0.4, -0.2) is 16.2 Å². The van der Waals surface area contributed by atoms with Crippen molar-refractivity contribution in [2.75, 3.05) is 0 Å². The Morgan fingerprint density at radius 2 is 2.14 bits per heavy atom. The van der Waals surface area contributed by atoms with Crippen molar-refractivity contribution in [2.45, 2.75) is 12.8 Å². The molecular weight excluding hydrogens is 255 g/mol. The molecule has 0 atom stereocenters. The molecule has 0 saturated heterocycles. The van der Waals surface area contributed by atoms with Gasteiger partial charge in [-0.25, -0.2) is 4.39 Å². The molecule has 0 amide bonds. The smallest absolute Gasteiger partial charge is 0.303 e. The van der Waals surface area contributed by atoms with Gasteiger partial charge in [0.15, 0.2) is 11.6 Å². The summed E-state index contributed by atoms with van der Waals surface area (Å²) in [6.45, 7) is 0. The van der Waals surface area contributed by atoms with Crippen molar-refractivity contribution >= 4 is 21.9 Å². The fourth-order valence-corrected chi connectivity index (χ4v) is 1.57. The van der Waals surface area contributed by atoms with Gasteiger partial charge >= 0.3 is 5.97 Å². The molecule has 0 radical (unpaired) electrons. The molecule has 0 fully saturated rings. The van der Waals surface area contributed by atoms with Gasteiger partial charge in [0.25, 0.3) is 0 Å². The highest BCUT2D eigenvalue weighted by atomic mass is 79.9. The average Bonchev–Trinajstić information content (AvgIpc) is 2.11. The summed E-state index contributed by atoms with van der Waals surface area (Å²) in [5, 5.41) is 17.7. The van der Waals surface area contributed by atoms with Crippen LogP contribution in [0.4, 0.5) is 4.39 Å². The van der Waals surface area contributed by atoms with E-state index in [1.165, 1.54) is 6.07 Å². The summed E-state index contributed by atoms with van der Waals surface area (Å²) in [7, 11) is 0. The molecule has 0 aliphatic rings. The van der Waals surface area contributed by atoms with Crippen molar-refractivity contribution in [1.29, 1.82) is 0 Å². The number of aromatic hydroxyl groups is 1. The third kappa shape index (κ3) is 2.45. The van der Waals surface area contributed by atoms with Crippen LogP contribution in [0, 0.1) is 5.82 Å². The first kappa shape index (κ1) is 11.0. The van der Waals surface area contributed by atoms with E-state index in [1.54, 1.807) is 0 Å². The molecule has 14 heavy (non-hydrogen) atoms. The van der Waals surface area contributed by atoms with E-state index in [0.717, 1.165) is 6.07 Å². The number of phenols is 1. The lowest BCUT2D eigenvalue weighted by molar-refractivity contribution is -0.136. The summed E-state index contributed by atoms with van der Waals surface area (Å²) in [4.78, 5) is 10.3. The van der Waals surface area contributed by atoms with Gasteiger partial charge in [-0.1, -0.05) is 15.9 Å². The Morgan fingerprint density at radius 1 is 1.50 bits per heavy atom. The normalized spacial score (nSPS) is 10.1. The van der Waals surface area contributed by atoms with E-state index >= 15 is 0 Å². The third-order valence-corrected chi connectivity index (χ3v) is 2.51. The van der Waals surface area contributed by atoms with E-state index < -0.39 is 17.5 Å². The molecule has 5 heteroatoms. The van der Waals surface area contributed by atoms with Crippen LogP contribution in [-0.2, 0) is 11.2 Å². The number of halogens is 2. The molecular formula is C9H8BrFO3. The van der Waals surface area contributed by atoms with Crippen LogP contribution in [0.1, 0.15) is 12.0 Å². The SMILES string of the molecule is O=C(O)CCc1c(Br)ccc(F)c1O. The van der Waals surface area contributed by atoms with Crippen LogP contribution < -0.4 is 0 Å². The van der Waals surface area contributed by atoms with Gasteiger partial charge in [0, 0.05) is 16.5 Å². The lowest BCUT2D eigenvalue weighted by atomic mass is 10.1. The second-order valence-corrected chi connectivity index (χ2v) is 3.60. The topological polar surface area (TPSA) is 57.5 Å². The number of benzene rings is 1. The van der Waals surface area contributed by atoms with Crippen LogP contribution in [0.25, 0.3) is 0 Å². The van der Waals surface area contributed by atoms with Crippen LogP contribution in [0.3, 0.4) is 0 Å². The summed E-state index contributed by atoms with van der Waals surface area (Å²) in [6.07, 6.45) is -0.0465. The minimum atomic E-state index is -0.986. The van der Waals surface area contributed by atoms with Gasteiger partial charge in [-0.15, -0.1) is 0 Å². The second kappa shape index (κ2) is 4.41. The van der Waals surface area contributed by atoms with E-state index in [4.69, 9.17) is 5.11 Å². The predicted octanol–water partition coefficient (Wildman–Crippen LogP) is 2.31. The van der Waals surface area contributed by atoms with E-state index in [-0.39, 0.29) is 18.4 Å². The maximum absolute atomic E-state index is 12.9. The van der Waals surface area contributed by atoms with Gasteiger partial charge in [-0.3, -0.25) is 4.79 Å². The summed E-state index contributed by atoms with van der Waals surface area (Å²) in [5.74, 6) is -2.21. The molecule has 0 aliphatic carbocycles. The largest absolute Gasteiger partial charge is 0.505 e. The predicted molar refractivity (Wildman–Crippen MR) is 51.7 cm³/mol. The lowest BCUT2D eigenvalue weighted by Crippen LogP contribution is -1.99. The Morgan fingerprint density at radius 3 is 2.71 bits per heavy atom. The molecule has 0 spiro atoms. The van der Waals surface area contributed by atoms with Gasteiger partial charge < -0.3 is 10.2 Å². The van der Waals surface area contributed by atoms with E-state index in [1.807, 2.05) is 0 Å². The summed E-state index contributed by atoms with van der Waals surface area (Å²) >= 11 is 3.11. The van der Waals surface area contributed by atoms with Gasteiger partial charge in [0.2, 0.25) is 0 Å². The number of carboxylic acid groups (broad SMARTS) is 1. The summed E-state index contributed by atoms with van der Waals surface area (Å²) in [6, 6.07) is 2.55. The summed E-state index contributed by atoms with van der Waals surface area (Å²) in [5.41, 5.74) is 0.285. The number of hydrogen-bond donors (Lipinski definition) is 2. The molecule has 0 aromatic heterocycles. The zero-order chi connectivity index (χ0) is 10.7. The van der Waals surface area contributed by atoms with Crippen molar-refractivity contribution in [3.63, 3.8) is 0 Å². The first-order chi connectivity index (χ1) is 6.52. The second-order valence-electron chi connectivity index (χ2n) is 2.75. The highest BCUT2D eigenvalue weighted by Crippen LogP contribution is 2.29. The molecule has 0 saturated carbocycles. The van der Waals surface area contributed by atoms with Crippen molar-refractivity contribution in [2.24, 2.45) is 0 Å². The average molecular weight is 263 g/mol. The molecule has 1 aromatic carbocycles. The number of aliphatic carboxylic acids is 1. The molecule has 0 aliphatic heterocycles. The van der Waals surface area contributed by atoms with Crippen molar-refractivity contribution in [3.8, 4) is 5.75 Å². The Kier molecular flexibility index (Phi) is 3.46. The zero-order valence-electron chi connectivity index (χ0n) is 7.13. The first-order valence-corrected chi connectivity index (χ1v) is 4.69. The molecule has 0 bridgehead atoms. The molecule has 1 rings (SSSR count). The standard InChI is InChI=1S/C9H8BrFO3/c10-6-2-3-7(11)9(14)5(6)1-4-8(12)13/h2-3,14H,1,4H2,(H,12,13). The van der Waals surface area contributed by atoms with Gasteiger partial charge in [0.05, 0.1) is 0 Å². The van der Waals surface area contributed by atoms with E-state index in [2.05, 4.69) is 15.9 Å². The fraction of sp³-hybridized carbons (Fsp3) is 0.222. The van der Waals surface area contributed by atoms with E-state index in [0.29, 0.717) is 4.47 Å². The fourth-order valence-electron chi connectivity index (χ4n) is 1.05. The third-order valence-electron chi connectivity index (χ3n) is 1.77. The number of carbonyl (C=O) groups is 1. The van der Waals surface area contributed by atoms with Crippen molar-refractivity contribution < 1.29 is 19.4 Å². The molecule has 0 unspecified atom stereocenters. The zero-order valence-corrected chi connectivity index (χ0v) is 8.71. The summed E-state index contributed by atoms with van der Waals surface area (Å²) < 4.78 is 13.4. The monoisotopic (exact) mass is 262 g/mol. The first-order valence-electron chi connectivity index (χ1n) is 3.90. The van der Waals surface area contributed by atoms with E-state index in [9.17, 15) is 14.3 Å². The molecule has 1 aromatic rings. The maximum Gasteiger partial charge on any atom is 0.303 e. The van der Waals surface area contributed by atoms with Crippen LogP contribution in [0.2, 0.25) is 0 Å². The Hall–Kier alpha value is -1.10. The molecule has 76 valence electrons. The number of phenolic OH excluding ortho intramolecular Hbond substituents is 1. The molecule has 3 nitrogen and oxygen atoms in total.